The Morgan fingerprint density at radius 3 is 1.93 bits per heavy atom. The fourth-order valence-electron chi connectivity index (χ4n) is 8.60. The van der Waals surface area contributed by atoms with E-state index < -0.39 is 84.7 Å². The highest BCUT2D eigenvalue weighted by Crippen LogP contribution is 2.52. The second-order valence-electron chi connectivity index (χ2n) is 17.4. The van der Waals surface area contributed by atoms with Crippen LogP contribution >= 0.6 is 23.5 Å². The van der Waals surface area contributed by atoms with Gasteiger partial charge in [-0.25, -0.2) is 0 Å². The van der Waals surface area contributed by atoms with Gasteiger partial charge in [0.2, 0.25) is 23.6 Å². The molecule has 1 saturated carbocycles. The summed E-state index contributed by atoms with van der Waals surface area (Å²) < 4.78 is -0.358. The highest BCUT2D eigenvalue weighted by Gasteiger charge is 2.53. The number of thioether (sulfide) groups is 2. The molecule has 0 aromatic heterocycles. The first kappa shape index (κ1) is 53.0. The monoisotopic (exact) mass is 902 g/mol. The molecule has 61 heavy (non-hydrogen) atoms. The second kappa shape index (κ2) is 25.8. The van der Waals surface area contributed by atoms with Gasteiger partial charge in [0.25, 0.3) is 0 Å². The molecule has 6 unspecified atom stereocenters. The first-order valence-electron chi connectivity index (χ1n) is 22.3. The van der Waals surface area contributed by atoms with Crippen molar-refractivity contribution in [2.24, 2.45) is 11.8 Å². The first-order valence-corrected chi connectivity index (χ1v) is 24.2. The van der Waals surface area contributed by atoms with Crippen molar-refractivity contribution in [3.05, 3.63) is 0 Å². The molecule has 17 nitrogen and oxygen atoms in total. The standard InChI is InChI=1S/C42H75N7O10S2/c1-8-13-29(35(53)40(58)43-9-2)45-38(56)32-22-42(60-20-21-61-42)23-49(32)41(59)34(28-14-11-10-12-15-28)48-39(57)33(24(3)4)47-37(55)31(19-17-26(6)51)46-36(54)30(44-27(7)52)18-16-25(5)50/h24,28-35,37-38,40,43,45,47,53,55-56,58H,8-23H2,1-7H3,(H,44,52)(H,46,54)(H,48,57)/t29?,30?,31?,32-,33?,34?,35?,37+,38-,40-/m0/s1. The van der Waals surface area contributed by atoms with Crippen molar-refractivity contribution in [3.8, 4) is 0 Å². The predicted octanol–water partition coefficient (Wildman–Crippen LogP) is 0.855. The van der Waals surface area contributed by atoms with Crippen LogP contribution in [0.2, 0.25) is 0 Å². The van der Waals surface area contributed by atoms with E-state index in [1.54, 1.807) is 42.3 Å². The fourth-order valence-corrected chi connectivity index (χ4v) is 11.9. The number of nitrogens with one attached hydrogen (secondary N) is 6. The molecule has 4 amide bonds. The molecule has 10 N–H and O–H groups in total. The van der Waals surface area contributed by atoms with Crippen LogP contribution in [0.4, 0.5) is 0 Å². The molecule has 19 heteroatoms. The maximum absolute atomic E-state index is 15.1. The summed E-state index contributed by atoms with van der Waals surface area (Å²) in [5.74, 6) is -1.18. The van der Waals surface area contributed by atoms with Gasteiger partial charge >= 0.3 is 0 Å². The molecule has 3 rings (SSSR count). The van der Waals surface area contributed by atoms with E-state index in [9.17, 15) is 44.4 Å². The summed E-state index contributed by atoms with van der Waals surface area (Å²) in [6.07, 6.45) is 0.633. The molecule has 3 fully saturated rings. The third kappa shape index (κ3) is 16.3. The lowest BCUT2D eigenvalue weighted by Crippen LogP contribution is -2.63. The Labute approximate surface area is 370 Å². The third-order valence-electron chi connectivity index (χ3n) is 11.9. The molecular weight excluding hydrogens is 827 g/mol. The predicted molar refractivity (Wildman–Crippen MR) is 237 cm³/mol. The van der Waals surface area contributed by atoms with Crippen molar-refractivity contribution < 1.29 is 49.2 Å². The summed E-state index contributed by atoms with van der Waals surface area (Å²) in [6, 6.07) is -5.51. The van der Waals surface area contributed by atoms with Gasteiger partial charge in [-0.3, -0.25) is 35.1 Å². The van der Waals surface area contributed by atoms with Crippen LogP contribution in [-0.4, -0.2) is 150 Å². The number of aliphatic hydroxyl groups excluding tert-OH is 4. The van der Waals surface area contributed by atoms with Crippen LogP contribution in [0, 0.1) is 11.8 Å². The normalized spacial score (nSPS) is 22.4. The molecule has 2 saturated heterocycles. The Bertz CT molecular complexity index is 1450. The van der Waals surface area contributed by atoms with Gasteiger partial charge in [0.15, 0.2) is 0 Å². The van der Waals surface area contributed by atoms with Crippen molar-refractivity contribution in [1.82, 2.24) is 36.8 Å². The van der Waals surface area contributed by atoms with Crippen LogP contribution in [0.25, 0.3) is 0 Å². The number of nitrogens with zero attached hydrogens (tertiary/aromatic N) is 1. The van der Waals surface area contributed by atoms with Gasteiger partial charge in [0.1, 0.15) is 48.4 Å². The zero-order valence-corrected chi connectivity index (χ0v) is 38.9. The minimum absolute atomic E-state index is 0.00285. The minimum Gasteiger partial charge on any atom is -0.387 e. The van der Waals surface area contributed by atoms with Crippen molar-refractivity contribution in [2.45, 2.75) is 191 Å². The summed E-state index contributed by atoms with van der Waals surface area (Å²) >= 11 is 3.52. The summed E-state index contributed by atoms with van der Waals surface area (Å²) in [5.41, 5.74) is 0. The largest absolute Gasteiger partial charge is 0.387 e. The average Bonchev–Trinajstić information content (AvgIpc) is 3.84. The summed E-state index contributed by atoms with van der Waals surface area (Å²) in [6.45, 7) is 12.1. The topological polar surface area (TPSA) is 259 Å². The number of rotatable bonds is 26. The molecule has 350 valence electrons. The zero-order valence-electron chi connectivity index (χ0n) is 37.2. The Morgan fingerprint density at radius 1 is 0.754 bits per heavy atom. The maximum atomic E-state index is 15.1. The Morgan fingerprint density at radius 2 is 1.38 bits per heavy atom. The Hall–Kier alpha value is -2.36. The van der Waals surface area contributed by atoms with Gasteiger partial charge in [-0.15, -0.1) is 23.5 Å². The molecule has 2 heterocycles. The fraction of sp³-hybridized carbons (Fsp3) is 0.857. The van der Waals surface area contributed by atoms with E-state index in [2.05, 4.69) is 31.9 Å². The Balaban J connectivity index is 1.90. The highest BCUT2D eigenvalue weighted by atomic mass is 32.2. The second-order valence-corrected chi connectivity index (χ2v) is 20.6. The van der Waals surface area contributed by atoms with Crippen LogP contribution in [-0.2, 0) is 28.8 Å². The number of hydrogen-bond acceptors (Lipinski definition) is 15. The lowest BCUT2D eigenvalue weighted by Gasteiger charge is -2.38. The average molecular weight is 902 g/mol. The van der Waals surface area contributed by atoms with E-state index >= 15 is 4.79 Å². The molecule has 0 radical (unpaired) electrons. The molecule has 1 spiro atoms. The van der Waals surface area contributed by atoms with E-state index in [0.717, 1.165) is 30.8 Å². The van der Waals surface area contributed by atoms with E-state index in [0.29, 0.717) is 45.2 Å². The number of ketones is 2. The van der Waals surface area contributed by atoms with Crippen molar-refractivity contribution in [1.29, 1.82) is 0 Å². The van der Waals surface area contributed by atoms with Crippen molar-refractivity contribution >= 4 is 58.7 Å². The molecule has 10 atom stereocenters. The molecular formula is C42H75N7O10S2. The number of Topliss-reactive ketones (excluding diaryl/α,β-unsaturated/α-hetero) is 2. The van der Waals surface area contributed by atoms with Crippen LogP contribution in [0.15, 0.2) is 0 Å². The van der Waals surface area contributed by atoms with E-state index in [-0.39, 0.29) is 53.2 Å². The minimum atomic E-state index is -1.53. The summed E-state index contributed by atoms with van der Waals surface area (Å²) in [7, 11) is 0. The number of amides is 4. The van der Waals surface area contributed by atoms with E-state index in [4.69, 9.17) is 0 Å². The Kier molecular flexibility index (Phi) is 22.4. The van der Waals surface area contributed by atoms with Gasteiger partial charge in [0.05, 0.1) is 22.2 Å². The van der Waals surface area contributed by atoms with Crippen LogP contribution in [0.1, 0.15) is 126 Å². The molecule has 0 bridgehead atoms. The third-order valence-corrected chi connectivity index (χ3v) is 15.3. The van der Waals surface area contributed by atoms with Gasteiger partial charge in [-0.1, -0.05) is 53.4 Å². The number of likely N-dealkylation sites (N-methyl/N-ethyl adjacent to an activating group) is 1. The first-order chi connectivity index (χ1) is 28.8. The summed E-state index contributed by atoms with van der Waals surface area (Å²) in [5, 5.41) is 62.4. The smallest absolute Gasteiger partial charge is 0.245 e. The zero-order chi connectivity index (χ0) is 45.4. The van der Waals surface area contributed by atoms with Gasteiger partial charge < -0.3 is 50.9 Å². The van der Waals surface area contributed by atoms with Crippen LogP contribution in [0.3, 0.4) is 0 Å². The quantitative estimate of drug-likeness (QED) is 0.0541. The van der Waals surface area contributed by atoms with E-state index in [1.807, 2.05) is 13.8 Å². The number of carbonyl (C=O) groups is 6. The lowest BCUT2D eigenvalue weighted by molar-refractivity contribution is -0.142. The van der Waals surface area contributed by atoms with Crippen LogP contribution < -0.4 is 31.9 Å². The molecule has 0 aromatic carbocycles. The number of hydrogen-bond donors (Lipinski definition) is 10. The maximum Gasteiger partial charge on any atom is 0.245 e. The van der Waals surface area contributed by atoms with Crippen LogP contribution in [0.5, 0.6) is 0 Å². The molecule has 0 aromatic rings. The molecule has 2 aliphatic heterocycles. The number of carbonyl (C=O) groups excluding carboxylic acids is 6. The highest BCUT2D eigenvalue weighted by molar-refractivity contribution is 8.21. The number of likely N-dealkylation sites (tertiary alicyclic amines) is 1. The van der Waals surface area contributed by atoms with Gasteiger partial charge in [0, 0.05) is 43.9 Å². The van der Waals surface area contributed by atoms with Crippen molar-refractivity contribution in [2.75, 3.05) is 24.6 Å². The molecule has 1 aliphatic carbocycles. The number of aliphatic hydroxyl groups is 4. The SMILES string of the molecule is CCCC(N[C@@H](O)[C@@H]1CC2(CN1C(=O)C(NC(=O)C(N[C@H](O)C(CCC(C)=O)NC(=O)C(CCC(C)=O)NC(C)=O)C(C)C)C1CCCCC1)SCCS2)C(O)[C@H](O)NCC. The van der Waals surface area contributed by atoms with Gasteiger partial charge in [-0.2, -0.15) is 0 Å². The van der Waals surface area contributed by atoms with Gasteiger partial charge in [-0.05, 0) is 70.8 Å². The van der Waals surface area contributed by atoms with Crippen molar-refractivity contribution in [3.63, 3.8) is 0 Å². The van der Waals surface area contributed by atoms with E-state index in [1.165, 1.54) is 20.8 Å². The summed E-state index contributed by atoms with van der Waals surface area (Å²) in [4.78, 5) is 80.3. The molecule has 3 aliphatic rings. The lowest BCUT2D eigenvalue weighted by atomic mass is 9.83.